The summed E-state index contributed by atoms with van der Waals surface area (Å²) in [6.45, 7) is 10.2. The number of ether oxygens (including phenoxy) is 2. The first-order valence-electron chi connectivity index (χ1n) is 10.7. The zero-order valence-corrected chi connectivity index (χ0v) is 19.0. The molecule has 0 saturated carbocycles. The number of rotatable bonds is 7. The fraction of sp³-hybridized carbons (Fsp3) is 0.440. The number of esters is 1. The van der Waals surface area contributed by atoms with Gasteiger partial charge in [0.1, 0.15) is 18.8 Å². The second-order valence-electron chi connectivity index (χ2n) is 9.30. The van der Waals surface area contributed by atoms with Crippen molar-refractivity contribution in [3.8, 4) is 11.1 Å². The molecule has 2 aromatic carbocycles. The van der Waals surface area contributed by atoms with Crippen LogP contribution in [0, 0.1) is 5.92 Å². The van der Waals surface area contributed by atoms with Crippen molar-refractivity contribution in [3.63, 3.8) is 0 Å². The van der Waals surface area contributed by atoms with E-state index in [4.69, 9.17) is 9.47 Å². The van der Waals surface area contributed by atoms with E-state index in [1.165, 1.54) is 11.1 Å². The summed E-state index contributed by atoms with van der Waals surface area (Å²) in [6, 6.07) is 16.4. The van der Waals surface area contributed by atoms with Gasteiger partial charge >= 0.3 is 12.1 Å². The number of nitrogens with one attached hydrogen (secondary N) is 1. The predicted octanol–water partition coefficient (Wildman–Crippen LogP) is 4.74. The third-order valence-electron chi connectivity index (χ3n) is 4.92. The second kappa shape index (κ2) is 9.52. The molecule has 0 aliphatic heterocycles. The quantitative estimate of drug-likeness (QED) is 0.514. The number of hydrazine groups is 1. The fourth-order valence-electron chi connectivity index (χ4n) is 3.88. The Hall–Kier alpha value is -2.86. The minimum Gasteiger partial charge on any atom is -0.459 e. The molecule has 0 saturated heterocycles. The van der Waals surface area contributed by atoms with Gasteiger partial charge in [0.05, 0.1) is 0 Å². The van der Waals surface area contributed by atoms with Gasteiger partial charge in [-0.05, 0) is 48.9 Å². The fourth-order valence-corrected chi connectivity index (χ4v) is 3.88. The highest BCUT2D eigenvalue weighted by Gasteiger charge is 2.29. The van der Waals surface area contributed by atoms with Crippen LogP contribution in [0.5, 0.6) is 0 Å². The first kappa shape index (κ1) is 22.8. The molecule has 0 heterocycles. The molecule has 1 aliphatic carbocycles. The van der Waals surface area contributed by atoms with Crippen LogP contribution in [0.2, 0.25) is 0 Å². The Morgan fingerprint density at radius 1 is 1.00 bits per heavy atom. The van der Waals surface area contributed by atoms with Crippen molar-refractivity contribution in [1.82, 2.24) is 10.4 Å². The van der Waals surface area contributed by atoms with E-state index in [9.17, 15) is 9.59 Å². The van der Waals surface area contributed by atoms with E-state index < -0.39 is 17.7 Å². The largest absolute Gasteiger partial charge is 0.459 e. The third-order valence-corrected chi connectivity index (χ3v) is 4.92. The van der Waals surface area contributed by atoms with Gasteiger partial charge in [-0.1, -0.05) is 62.4 Å². The summed E-state index contributed by atoms with van der Waals surface area (Å²) in [6.07, 6.45) is -0.578. The van der Waals surface area contributed by atoms with Gasteiger partial charge in [0.15, 0.2) is 0 Å². The van der Waals surface area contributed by atoms with E-state index in [1.54, 1.807) is 5.01 Å². The van der Waals surface area contributed by atoms with Crippen molar-refractivity contribution in [3.05, 3.63) is 59.7 Å². The Labute approximate surface area is 184 Å². The molecule has 1 amide bonds. The zero-order chi connectivity index (χ0) is 22.6. The summed E-state index contributed by atoms with van der Waals surface area (Å²) in [5, 5.41) is 1.55. The Morgan fingerprint density at radius 2 is 1.55 bits per heavy atom. The van der Waals surface area contributed by atoms with Crippen molar-refractivity contribution in [2.45, 2.75) is 46.1 Å². The van der Waals surface area contributed by atoms with Crippen LogP contribution in [0.4, 0.5) is 4.79 Å². The minimum absolute atomic E-state index is 0.0115. The molecule has 0 bridgehead atoms. The van der Waals surface area contributed by atoms with Crippen LogP contribution in [0.25, 0.3) is 11.1 Å². The normalized spacial score (nSPS) is 13.1. The molecule has 3 rings (SSSR count). The molecular weight excluding hydrogens is 392 g/mol. The number of benzene rings is 2. The average Bonchev–Trinajstić information content (AvgIpc) is 2.98. The lowest BCUT2D eigenvalue weighted by atomic mass is 9.98. The summed E-state index contributed by atoms with van der Waals surface area (Å²) < 4.78 is 11.0. The van der Waals surface area contributed by atoms with E-state index in [2.05, 4.69) is 29.7 Å². The molecule has 6 heteroatoms. The van der Waals surface area contributed by atoms with Crippen LogP contribution in [-0.4, -0.2) is 42.4 Å². The van der Waals surface area contributed by atoms with Crippen molar-refractivity contribution < 1.29 is 19.1 Å². The highest BCUT2D eigenvalue weighted by molar-refractivity contribution is 5.79. The smallest absolute Gasteiger partial charge is 0.421 e. The number of carbonyl (C=O) groups is 2. The molecule has 1 aliphatic rings. The van der Waals surface area contributed by atoms with E-state index in [1.807, 2.05) is 58.9 Å². The summed E-state index contributed by atoms with van der Waals surface area (Å²) in [7, 11) is 0. The molecular formula is C25H32N2O4. The molecule has 0 unspecified atom stereocenters. The van der Waals surface area contributed by atoms with Crippen molar-refractivity contribution in [2.75, 3.05) is 19.7 Å². The summed E-state index contributed by atoms with van der Waals surface area (Å²) in [5.74, 6) is -0.161. The van der Waals surface area contributed by atoms with Gasteiger partial charge in [-0.3, -0.25) is 10.2 Å². The van der Waals surface area contributed by atoms with Crippen LogP contribution in [0.3, 0.4) is 0 Å². The Bertz CT molecular complexity index is 888. The van der Waals surface area contributed by atoms with Crippen LogP contribution in [0.15, 0.2) is 48.5 Å². The van der Waals surface area contributed by atoms with Gasteiger partial charge in [0.2, 0.25) is 0 Å². The number of nitrogens with zero attached hydrogens (tertiary/aromatic N) is 1. The van der Waals surface area contributed by atoms with Crippen molar-refractivity contribution >= 4 is 12.1 Å². The molecule has 0 fully saturated rings. The summed E-state index contributed by atoms with van der Waals surface area (Å²) >= 11 is 0. The number of hydrogen-bond donors (Lipinski definition) is 1. The third kappa shape index (κ3) is 6.07. The van der Waals surface area contributed by atoms with Crippen molar-refractivity contribution in [2.24, 2.45) is 5.92 Å². The molecule has 31 heavy (non-hydrogen) atoms. The molecule has 0 radical (unpaired) electrons. The minimum atomic E-state index is -0.579. The first-order valence-corrected chi connectivity index (χ1v) is 10.7. The molecule has 0 atom stereocenters. The Morgan fingerprint density at radius 3 is 2.06 bits per heavy atom. The summed E-state index contributed by atoms with van der Waals surface area (Å²) in [4.78, 5) is 24.8. The molecule has 166 valence electrons. The lowest BCUT2D eigenvalue weighted by Crippen LogP contribution is -2.48. The van der Waals surface area contributed by atoms with E-state index >= 15 is 0 Å². The van der Waals surface area contributed by atoms with E-state index in [0.29, 0.717) is 6.54 Å². The number of amides is 1. The van der Waals surface area contributed by atoms with Crippen molar-refractivity contribution in [1.29, 1.82) is 0 Å². The molecule has 2 aromatic rings. The molecule has 1 N–H and O–H groups in total. The maximum atomic E-state index is 12.6. The predicted molar refractivity (Wildman–Crippen MR) is 120 cm³/mol. The lowest BCUT2D eigenvalue weighted by Gasteiger charge is -2.26. The number of hydrogen-bond acceptors (Lipinski definition) is 5. The van der Waals surface area contributed by atoms with Gasteiger partial charge in [-0.15, -0.1) is 0 Å². The van der Waals surface area contributed by atoms with Crippen LogP contribution >= 0.6 is 0 Å². The Balaban J connectivity index is 1.63. The van der Waals surface area contributed by atoms with Gasteiger partial charge < -0.3 is 9.47 Å². The van der Waals surface area contributed by atoms with Gasteiger partial charge in [0, 0.05) is 12.5 Å². The number of fused-ring (bicyclic) bond motifs is 3. The van der Waals surface area contributed by atoms with Gasteiger partial charge in [-0.2, -0.15) is 0 Å². The average molecular weight is 425 g/mol. The molecule has 6 nitrogen and oxygen atoms in total. The molecule has 0 aromatic heterocycles. The Kier molecular flexibility index (Phi) is 7.01. The van der Waals surface area contributed by atoms with E-state index in [-0.39, 0.29) is 25.0 Å². The maximum Gasteiger partial charge on any atom is 0.421 e. The number of carbonyl (C=O) groups excluding carboxylic acids is 2. The summed E-state index contributed by atoms with van der Waals surface area (Å²) in [5.41, 5.74) is 6.80. The topological polar surface area (TPSA) is 67.9 Å². The highest BCUT2D eigenvalue weighted by atomic mass is 16.6. The van der Waals surface area contributed by atoms with Gasteiger partial charge in [-0.25, -0.2) is 9.80 Å². The highest BCUT2D eigenvalue weighted by Crippen LogP contribution is 2.44. The van der Waals surface area contributed by atoms with E-state index in [0.717, 1.165) is 11.1 Å². The standard InChI is InChI=1S/C25H32N2O4/c1-17(2)14-27(15-23(28)31-25(3,4)5)26-24(29)30-16-22-20-12-8-6-10-18(20)19-11-7-9-13-21(19)22/h6-13,17,22H,14-16H2,1-5H3,(H,26,29). The lowest BCUT2D eigenvalue weighted by molar-refractivity contribution is -0.156. The van der Waals surface area contributed by atoms with Crippen LogP contribution < -0.4 is 5.43 Å². The zero-order valence-electron chi connectivity index (χ0n) is 19.0. The SMILES string of the molecule is CC(C)CN(CC(=O)OC(C)(C)C)NC(=O)OCC1c2ccccc2-c2ccccc21. The first-order chi connectivity index (χ1) is 14.6. The van der Waals surface area contributed by atoms with Gasteiger partial charge in [0.25, 0.3) is 0 Å². The maximum absolute atomic E-state index is 12.6. The second-order valence-corrected chi connectivity index (χ2v) is 9.30. The van der Waals surface area contributed by atoms with Crippen LogP contribution in [0.1, 0.15) is 51.7 Å². The van der Waals surface area contributed by atoms with Crippen LogP contribution in [-0.2, 0) is 14.3 Å². The molecule has 0 spiro atoms. The monoisotopic (exact) mass is 424 g/mol.